The van der Waals surface area contributed by atoms with E-state index in [0.29, 0.717) is 18.2 Å². The van der Waals surface area contributed by atoms with Crippen LogP contribution < -0.4 is 11.1 Å². The van der Waals surface area contributed by atoms with Crippen LogP contribution >= 0.6 is 15.9 Å². The normalized spacial score (nSPS) is 20.0. The van der Waals surface area contributed by atoms with Crippen LogP contribution in [0.3, 0.4) is 0 Å². The summed E-state index contributed by atoms with van der Waals surface area (Å²) >= 11 is 3.39. The number of carbonyl (C=O) groups excluding carboxylic acids is 1. The van der Waals surface area contributed by atoms with Crippen LogP contribution in [0.5, 0.6) is 0 Å². The van der Waals surface area contributed by atoms with Crippen molar-refractivity contribution < 1.29 is 4.79 Å². The molecule has 1 aliphatic heterocycles. The molecule has 0 saturated carbocycles. The predicted octanol–water partition coefficient (Wildman–Crippen LogP) is 2.31. The molecule has 1 aromatic rings. The number of likely N-dealkylation sites (tertiary alicyclic amines) is 1. The fourth-order valence-electron chi connectivity index (χ4n) is 2.20. The van der Waals surface area contributed by atoms with Crippen molar-refractivity contribution in [3.05, 3.63) is 22.7 Å². The van der Waals surface area contributed by atoms with Crippen LogP contribution in [0.25, 0.3) is 0 Å². The number of anilines is 2. The van der Waals surface area contributed by atoms with E-state index in [1.165, 1.54) is 6.42 Å². The Bertz CT molecular complexity index is 450. The summed E-state index contributed by atoms with van der Waals surface area (Å²) in [5.74, 6) is 0.718. The smallest absolute Gasteiger partial charge is 0.238 e. The maximum Gasteiger partial charge on any atom is 0.238 e. The van der Waals surface area contributed by atoms with Gasteiger partial charge in [0, 0.05) is 16.7 Å². The summed E-state index contributed by atoms with van der Waals surface area (Å²) in [6, 6.07) is 5.37. The lowest BCUT2D eigenvalue weighted by molar-refractivity contribution is -0.117. The van der Waals surface area contributed by atoms with Gasteiger partial charge in [0.1, 0.15) is 0 Å². The minimum atomic E-state index is 0.0228. The fourth-order valence-corrected chi connectivity index (χ4v) is 2.69. The third kappa shape index (κ3) is 3.46. The van der Waals surface area contributed by atoms with E-state index < -0.39 is 0 Å². The molecule has 0 aliphatic carbocycles. The monoisotopic (exact) mass is 311 g/mol. The van der Waals surface area contributed by atoms with Gasteiger partial charge in [0.05, 0.1) is 12.2 Å². The zero-order valence-corrected chi connectivity index (χ0v) is 12.0. The number of carbonyl (C=O) groups is 1. The molecule has 1 amide bonds. The third-order valence-electron chi connectivity index (χ3n) is 3.14. The lowest BCUT2D eigenvalue weighted by atomic mass is 10.2. The Morgan fingerprint density at radius 3 is 3.00 bits per heavy atom. The number of amides is 1. The van der Waals surface area contributed by atoms with Crippen molar-refractivity contribution in [2.45, 2.75) is 13.3 Å². The predicted molar refractivity (Wildman–Crippen MR) is 77.4 cm³/mol. The van der Waals surface area contributed by atoms with E-state index in [1.54, 1.807) is 12.1 Å². The number of nitrogens with zero attached hydrogens (tertiary/aromatic N) is 1. The molecule has 0 spiro atoms. The first-order valence-electron chi connectivity index (χ1n) is 6.12. The molecule has 1 unspecified atom stereocenters. The van der Waals surface area contributed by atoms with E-state index in [-0.39, 0.29) is 5.91 Å². The van der Waals surface area contributed by atoms with E-state index in [9.17, 15) is 4.79 Å². The Morgan fingerprint density at radius 2 is 2.39 bits per heavy atom. The van der Waals surface area contributed by atoms with Gasteiger partial charge in [-0.25, -0.2) is 0 Å². The molecule has 1 aromatic carbocycles. The average Bonchev–Trinajstić information content (AvgIpc) is 2.68. The van der Waals surface area contributed by atoms with Crippen LogP contribution in [-0.2, 0) is 4.79 Å². The number of nitrogens with two attached hydrogens (primary N) is 1. The molecule has 18 heavy (non-hydrogen) atoms. The molecular formula is C13H18BrN3O. The molecule has 0 bridgehead atoms. The molecule has 3 N–H and O–H groups in total. The second-order valence-electron chi connectivity index (χ2n) is 4.92. The number of nitrogens with one attached hydrogen (secondary N) is 1. The largest absolute Gasteiger partial charge is 0.399 e. The van der Waals surface area contributed by atoms with Crippen LogP contribution in [0.2, 0.25) is 0 Å². The van der Waals surface area contributed by atoms with Crippen molar-refractivity contribution in [1.29, 1.82) is 0 Å². The zero-order valence-electron chi connectivity index (χ0n) is 10.4. The molecule has 1 atom stereocenters. The van der Waals surface area contributed by atoms with E-state index in [2.05, 4.69) is 33.1 Å². The maximum atomic E-state index is 11.9. The van der Waals surface area contributed by atoms with Gasteiger partial charge in [-0.1, -0.05) is 6.92 Å². The Morgan fingerprint density at radius 1 is 1.61 bits per heavy atom. The lowest BCUT2D eigenvalue weighted by Crippen LogP contribution is -2.31. The number of hydrogen-bond donors (Lipinski definition) is 2. The highest BCUT2D eigenvalue weighted by molar-refractivity contribution is 9.10. The first-order chi connectivity index (χ1) is 8.54. The van der Waals surface area contributed by atoms with Gasteiger partial charge in [-0.15, -0.1) is 0 Å². The number of benzene rings is 1. The topological polar surface area (TPSA) is 58.4 Å². The highest BCUT2D eigenvalue weighted by atomic mass is 79.9. The van der Waals surface area contributed by atoms with E-state index in [1.807, 2.05) is 6.07 Å². The average molecular weight is 312 g/mol. The molecule has 0 aromatic heterocycles. The first-order valence-corrected chi connectivity index (χ1v) is 6.91. The van der Waals surface area contributed by atoms with E-state index >= 15 is 0 Å². The van der Waals surface area contributed by atoms with Gasteiger partial charge in [-0.2, -0.15) is 0 Å². The van der Waals surface area contributed by atoms with Crippen molar-refractivity contribution in [1.82, 2.24) is 4.90 Å². The SMILES string of the molecule is CC1CCN(CC(=O)Nc2ccc(N)cc2Br)C1. The molecule has 0 radical (unpaired) electrons. The number of halogens is 1. The van der Waals surface area contributed by atoms with Crippen molar-refractivity contribution in [3.8, 4) is 0 Å². The number of nitrogen functional groups attached to an aromatic ring is 1. The minimum absolute atomic E-state index is 0.0228. The summed E-state index contributed by atoms with van der Waals surface area (Å²) in [5.41, 5.74) is 7.09. The quantitative estimate of drug-likeness (QED) is 0.842. The van der Waals surface area contributed by atoms with Gasteiger partial charge in [-0.05, 0) is 53.0 Å². The van der Waals surface area contributed by atoms with Crippen LogP contribution in [0.4, 0.5) is 11.4 Å². The first kappa shape index (κ1) is 13.4. The molecule has 1 aliphatic rings. The molecule has 1 saturated heterocycles. The molecule has 98 valence electrons. The summed E-state index contributed by atoms with van der Waals surface area (Å²) in [5, 5.41) is 2.90. The van der Waals surface area contributed by atoms with E-state index in [0.717, 1.165) is 23.2 Å². The van der Waals surface area contributed by atoms with Gasteiger partial charge in [0.25, 0.3) is 0 Å². The third-order valence-corrected chi connectivity index (χ3v) is 3.80. The van der Waals surface area contributed by atoms with Gasteiger partial charge in [-0.3, -0.25) is 9.69 Å². The Hall–Kier alpha value is -1.07. The zero-order chi connectivity index (χ0) is 13.1. The van der Waals surface area contributed by atoms with Crippen LogP contribution in [0, 0.1) is 5.92 Å². The van der Waals surface area contributed by atoms with E-state index in [4.69, 9.17) is 5.73 Å². The van der Waals surface area contributed by atoms with Crippen molar-refractivity contribution >= 4 is 33.2 Å². The van der Waals surface area contributed by atoms with Gasteiger partial charge in [0.2, 0.25) is 5.91 Å². The second-order valence-corrected chi connectivity index (χ2v) is 5.77. The summed E-state index contributed by atoms with van der Waals surface area (Å²) < 4.78 is 0.811. The lowest BCUT2D eigenvalue weighted by Gasteiger charge is -2.15. The second kappa shape index (κ2) is 5.71. The minimum Gasteiger partial charge on any atom is -0.399 e. The van der Waals surface area contributed by atoms with Crippen molar-refractivity contribution in [2.75, 3.05) is 30.7 Å². The molecule has 4 nitrogen and oxygen atoms in total. The molecule has 5 heteroatoms. The van der Waals surface area contributed by atoms with Crippen LogP contribution in [-0.4, -0.2) is 30.4 Å². The standard InChI is InChI=1S/C13H18BrN3O/c1-9-4-5-17(7-9)8-13(18)16-12-3-2-10(15)6-11(12)14/h2-3,6,9H,4-5,7-8,15H2,1H3,(H,16,18). The molecular weight excluding hydrogens is 294 g/mol. The molecule has 1 heterocycles. The fraction of sp³-hybridized carbons (Fsp3) is 0.462. The highest BCUT2D eigenvalue weighted by Gasteiger charge is 2.20. The van der Waals surface area contributed by atoms with Crippen LogP contribution in [0.15, 0.2) is 22.7 Å². The summed E-state index contributed by atoms with van der Waals surface area (Å²) in [7, 11) is 0. The molecule has 1 fully saturated rings. The Labute approximate surface area is 116 Å². The van der Waals surface area contributed by atoms with Gasteiger partial charge < -0.3 is 11.1 Å². The number of hydrogen-bond acceptors (Lipinski definition) is 3. The van der Waals surface area contributed by atoms with Crippen LogP contribution in [0.1, 0.15) is 13.3 Å². The Kier molecular flexibility index (Phi) is 4.24. The maximum absolute atomic E-state index is 11.9. The number of rotatable bonds is 3. The van der Waals surface area contributed by atoms with Crippen molar-refractivity contribution in [2.24, 2.45) is 5.92 Å². The Balaban J connectivity index is 1.91. The van der Waals surface area contributed by atoms with Gasteiger partial charge >= 0.3 is 0 Å². The van der Waals surface area contributed by atoms with Gasteiger partial charge in [0.15, 0.2) is 0 Å². The highest BCUT2D eigenvalue weighted by Crippen LogP contribution is 2.24. The summed E-state index contributed by atoms with van der Waals surface area (Å²) in [6.45, 7) is 4.70. The summed E-state index contributed by atoms with van der Waals surface area (Å²) in [4.78, 5) is 14.1. The molecule has 2 rings (SSSR count). The summed E-state index contributed by atoms with van der Waals surface area (Å²) in [6.07, 6.45) is 1.18. The van der Waals surface area contributed by atoms with Crippen molar-refractivity contribution in [3.63, 3.8) is 0 Å².